The van der Waals surface area contributed by atoms with Gasteiger partial charge >= 0.3 is 0 Å². The van der Waals surface area contributed by atoms with E-state index >= 15 is 0 Å². The Hall–Kier alpha value is -6.19. The fourth-order valence-electron chi connectivity index (χ4n) is 6.77. The van der Waals surface area contributed by atoms with Crippen LogP contribution in [0.2, 0.25) is 0 Å². The van der Waals surface area contributed by atoms with E-state index in [0.29, 0.717) is 5.82 Å². The van der Waals surface area contributed by atoms with Crippen molar-refractivity contribution in [3.63, 3.8) is 0 Å². The second-order valence-corrected chi connectivity index (χ2v) is 11.6. The Morgan fingerprint density at radius 2 is 0.848 bits per heavy atom. The van der Waals surface area contributed by atoms with Crippen LogP contribution >= 0.6 is 0 Å². The maximum atomic E-state index is 5.27. The lowest BCUT2D eigenvalue weighted by Gasteiger charge is -2.16. The number of hydrogen-bond acceptors (Lipinski definition) is 3. The summed E-state index contributed by atoms with van der Waals surface area (Å²) < 4.78 is 0. The van der Waals surface area contributed by atoms with Gasteiger partial charge in [-0.25, -0.2) is 9.97 Å². The molecule has 214 valence electrons. The summed E-state index contributed by atoms with van der Waals surface area (Å²) in [6.45, 7) is 0. The Bertz CT molecular complexity index is 2560. The van der Waals surface area contributed by atoms with Crippen LogP contribution in [-0.2, 0) is 0 Å². The molecule has 0 saturated carbocycles. The fourth-order valence-corrected chi connectivity index (χ4v) is 6.77. The first-order chi connectivity index (χ1) is 22.8. The van der Waals surface area contributed by atoms with Crippen molar-refractivity contribution in [1.82, 2.24) is 15.0 Å². The highest BCUT2D eigenvalue weighted by atomic mass is 14.9. The van der Waals surface area contributed by atoms with Crippen molar-refractivity contribution >= 4 is 43.1 Å². The van der Waals surface area contributed by atoms with Gasteiger partial charge in [0.25, 0.3) is 0 Å². The Morgan fingerprint density at radius 1 is 0.326 bits per heavy atom. The highest BCUT2D eigenvalue weighted by Gasteiger charge is 2.17. The van der Waals surface area contributed by atoms with Crippen molar-refractivity contribution in [2.75, 3.05) is 0 Å². The molecule has 9 rings (SSSR count). The van der Waals surface area contributed by atoms with Gasteiger partial charge < -0.3 is 0 Å². The summed E-state index contributed by atoms with van der Waals surface area (Å²) in [5.41, 5.74) is 6.89. The summed E-state index contributed by atoms with van der Waals surface area (Å²) >= 11 is 0. The molecule has 3 nitrogen and oxygen atoms in total. The smallest absolute Gasteiger partial charge is 0.160 e. The van der Waals surface area contributed by atoms with Crippen LogP contribution in [0.3, 0.4) is 0 Å². The molecule has 0 unspecified atom stereocenters. The molecule has 0 radical (unpaired) electrons. The van der Waals surface area contributed by atoms with Gasteiger partial charge in [0.15, 0.2) is 5.82 Å². The molecule has 0 saturated heterocycles. The Balaban J connectivity index is 1.33. The van der Waals surface area contributed by atoms with Gasteiger partial charge in [-0.3, -0.25) is 4.98 Å². The van der Waals surface area contributed by atoms with E-state index in [2.05, 4.69) is 138 Å². The molecule has 3 heteroatoms. The molecular weight excluding hydrogens is 558 g/mol. The average Bonchev–Trinajstić information content (AvgIpc) is 3.15. The maximum absolute atomic E-state index is 5.27. The van der Waals surface area contributed by atoms with Crippen molar-refractivity contribution in [3.05, 3.63) is 164 Å². The minimum atomic E-state index is 0.691. The van der Waals surface area contributed by atoms with Gasteiger partial charge in [-0.15, -0.1) is 0 Å². The third-order valence-electron chi connectivity index (χ3n) is 8.92. The zero-order valence-corrected chi connectivity index (χ0v) is 24.9. The van der Waals surface area contributed by atoms with E-state index in [1.54, 1.807) is 0 Å². The molecule has 0 atom stereocenters. The first kappa shape index (κ1) is 26.2. The Kier molecular flexibility index (Phi) is 6.14. The van der Waals surface area contributed by atoms with Crippen LogP contribution < -0.4 is 0 Å². The monoisotopic (exact) mass is 585 g/mol. The number of rotatable bonds is 4. The SMILES string of the molecule is c1ccc(-c2cc(-c3cc4c5ccccc5c5ccccc5c4c4ccccc34)nc(-c3ccc(-c4ccccn4)cc3)n2)cc1. The van der Waals surface area contributed by atoms with E-state index in [9.17, 15) is 0 Å². The normalized spacial score (nSPS) is 11.5. The Labute approximate surface area is 266 Å². The molecule has 9 aromatic rings. The van der Waals surface area contributed by atoms with Gasteiger partial charge in [0.1, 0.15) is 0 Å². The van der Waals surface area contributed by atoms with E-state index in [4.69, 9.17) is 9.97 Å². The van der Waals surface area contributed by atoms with Crippen LogP contribution in [0.25, 0.3) is 88.2 Å². The van der Waals surface area contributed by atoms with Crippen LogP contribution in [0.4, 0.5) is 0 Å². The number of hydrogen-bond donors (Lipinski definition) is 0. The molecular formula is C43H27N3. The molecule has 0 bridgehead atoms. The second-order valence-electron chi connectivity index (χ2n) is 11.6. The van der Waals surface area contributed by atoms with Crippen molar-refractivity contribution in [1.29, 1.82) is 0 Å². The lowest BCUT2D eigenvalue weighted by Crippen LogP contribution is -1.97. The van der Waals surface area contributed by atoms with Crippen molar-refractivity contribution < 1.29 is 0 Å². The summed E-state index contributed by atoms with van der Waals surface area (Å²) in [4.78, 5) is 14.9. The predicted molar refractivity (Wildman–Crippen MR) is 192 cm³/mol. The summed E-state index contributed by atoms with van der Waals surface area (Å²) in [7, 11) is 0. The Morgan fingerprint density at radius 3 is 1.54 bits per heavy atom. The molecule has 0 N–H and O–H groups in total. The zero-order chi connectivity index (χ0) is 30.5. The molecule has 0 aliphatic heterocycles. The van der Waals surface area contributed by atoms with Gasteiger partial charge in [0, 0.05) is 28.5 Å². The van der Waals surface area contributed by atoms with Crippen molar-refractivity contribution in [2.45, 2.75) is 0 Å². The van der Waals surface area contributed by atoms with Crippen LogP contribution in [0.5, 0.6) is 0 Å². The van der Waals surface area contributed by atoms with Crippen molar-refractivity contribution in [3.8, 4) is 45.2 Å². The first-order valence-corrected chi connectivity index (χ1v) is 15.5. The summed E-state index contributed by atoms with van der Waals surface area (Å²) in [6, 6.07) is 55.4. The van der Waals surface area contributed by atoms with Gasteiger partial charge in [-0.05, 0) is 67.4 Å². The lowest BCUT2D eigenvalue weighted by atomic mass is 9.88. The van der Waals surface area contributed by atoms with E-state index in [0.717, 1.165) is 39.3 Å². The topological polar surface area (TPSA) is 38.7 Å². The van der Waals surface area contributed by atoms with Gasteiger partial charge in [-0.1, -0.05) is 133 Å². The average molecular weight is 586 g/mol. The zero-order valence-electron chi connectivity index (χ0n) is 24.9. The number of pyridine rings is 1. The first-order valence-electron chi connectivity index (χ1n) is 15.5. The van der Waals surface area contributed by atoms with Crippen LogP contribution in [0.15, 0.2) is 164 Å². The number of nitrogens with zero attached hydrogens (tertiary/aromatic N) is 3. The predicted octanol–water partition coefficient (Wildman–Crippen LogP) is 11.2. The molecule has 2 heterocycles. The van der Waals surface area contributed by atoms with Crippen LogP contribution in [-0.4, -0.2) is 15.0 Å². The third kappa shape index (κ3) is 4.33. The summed E-state index contributed by atoms with van der Waals surface area (Å²) in [5, 5.41) is 9.93. The highest BCUT2D eigenvalue weighted by Crippen LogP contribution is 2.43. The molecule has 0 aliphatic carbocycles. The lowest BCUT2D eigenvalue weighted by molar-refractivity contribution is 1.18. The van der Waals surface area contributed by atoms with E-state index in [1.165, 1.54) is 43.1 Å². The van der Waals surface area contributed by atoms with Gasteiger partial charge in [0.05, 0.1) is 17.1 Å². The van der Waals surface area contributed by atoms with Crippen LogP contribution in [0.1, 0.15) is 0 Å². The van der Waals surface area contributed by atoms with E-state index < -0.39 is 0 Å². The summed E-state index contributed by atoms with van der Waals surface area (Å²) in [5.74, 6) is 0.691. The summed E-state index contributed by atoms with van der Waals surface area (Å²) in [6.07, 6.45) is 1.82. The molecule has 0 aliphatic rings. The van der Waals surface area contributed by atoms with Crippen molar-refractivity contribution in [2.24, 2.45) is 0 Å². The molecule has 7 aromatic carbocycles. The van der Waals surface area contributed by atoms with E-state index in [1.807, 2.05) is 30.5 Å². The molecule has 2 aromatic heterocycles. The fraction of sp³-hybridized carbons (Fsp3) is 0. The molecule has 46 heavy (non-hydrogen) atoms. The highest BCUT2D eigenvalue weighted by molar-refractivity contribution is 6.32. The van der Waals surface area contributed by atoms with E-state index in [-0.39, 0.29) is 0 Å². The minimum absolute atomic E-state index is 0.691. The number of benzene rings is 7. The van der Waals surface area contributed by atoms with Gasteiger partial charge in [0.2, 0.25) is 0 Å². The largest absolute Gasteiger partial charge is 0.256 e. The standard InChI is InChI=1S/C43H27N3/c1-2-12-28(13-3-1)40-27-41(46-43(45-40)30-23-21-29(22-24-30)39-20-10-11-25-44-39)37-26-38-33-16-5-4-14-31(33)32-15-6-8-18-35(32)42(38)36-19-9-7-17-34(36)37/h1-27H. The van der Waals surface area contributed by atoms with Crippen LogP contribution in [0, 0.1) is 0 Å². The number of aromatic nitrogens is 3. The molecule has 0 fully saturated rings. The number of fused-ring (bicyclic) bond motifs is 8. The minimum Gasteiger partial charge on any atom is -0.256 e. The van der Waals surface area contributed by atoms with Gasteiger partial charge in [-0.2, -0.15) is 0 Å². The maximum Gasteiger partial charge on any atom is 0.160 e. The third-order valence-corrected chi connectivity index (χ3v) is 8.92. The molecule has 0 spiro atoms. The quantitative estimate of drug-likeness (QED) is 0.193. The second kappa shape index (κ2) is 10.8. The molecule has 0 amide bonds.